The van der Waals surface area contributed by atoms with Crippen LogP contribution in [0.2, 0.25) is 0 Å². The van der Waals surface area contributed by atoms with E-state index in [0.29, 0.717) is 12.1 Å². The molecule has 4 atom stereocenters. The van der Waals surface area contributed by atoms with Crippen molar-refractivity contribution in [2.24, 2.45) is 11.8 Å². The van der Waals surface area contributed by atoms with Crippen molar-refractivity contribution < 1.29 is 4.74 Å². The minimum absolute atomic E-state index is 0.514. The van der Waals surface area contributed by atoms with E-state index in [1.165, 1.54) is 13.0 Å². The van der Waals surface area contributed by atoms with E-state index in [-0.39, 0.29) is 0 Å². The molecule has 0 aromatic heterocycles. The lowest BCUT2D eigenvalue weighted by Crippen LogP contribution is -2.55. The third-order valence-electron chi connectivity index (χ3n) is 4.10. The first-order chi connectivity index (χ1) is 8.10. The molecule has 0 aliphatic carbocycles. The Morgan fingerprint density at radius 3 is 2.65 bits per heavy atom. The number of hydrogen-bond donors (Lipinski definition) is 1. The van der Waals surface area contributed by atoms with Crippen molar-refractivity contribution in [2.45, 2.75) is 46.2 Å². The molecule has 1 aliphatic rings. The van der Waals surface area contributed by atoms with E-state index < -0.39 is 0 Å². The first kappa shape index (κ1) is 14.9. The zero-order valence-corrected chi connectivity index (χ0v) is 12.2. The average Bonchev–Trinajstić information content (AvgIpc) is 2.29. The van der Waals surface area contributed by atoms with Crippen LogP contribution in [0.4, 0.5) is 0 Å². The second-order valence-corrected chi connectivity index (χ2v) is 5.67. The quantitative estimate of drug-likeness (QED) is 0.771. The number of nitrogens with one attached hydrogen (secondary N) is 1. The average molecular weight is 242 g/mol. The second kappa shape index (κ2) is 7.34. The number of likely N-dealkylation sites (tertiary alicyclic amines) is 1. The summed E-state index contributed by atoms with van der Waals surface area (Å²) in [6.45, 7) is 13.4. The van der Waals surface area contributed by atoms with E-state index >= 15 is 0 Å². The van der Waals surface area contributed by atoms with Crippen molar-refractivity contribution in [3.63, 3.8) is 0 Å². The summed E-state index contributed by atoms with van der Waals surface area (Å²) in [5.41, 5.74) is 0. The molecule has 0 bridgehead atoms. The van der Waals surface area contributed by atoms with E-state index in [2.05, 4.69) is 37.9 Å². The lowest BCUT2D eigenvalue weighted by molar-refractivity contribution is 0.00685. The number of ether oxygens (including phenoxy) is 1. The Kier molecular flexibility index (Phi) is 6.45. The van der Waals surface area contributed by atoms with E-state index in [0.717, 1.165) is 31.5 Å². The van der Waals surface area contributed by atoms with E-state index in [4.69, 9.17) is 4.74 Å². The highest BCUT2D eigenvalue weighted by Crippen LogP contribution is 2.28. The van der Waals surface area contributed by atoms with Crippen molar-refractivity contribution in [1.29, 1.82) is 0 Å². The standard InChI is InChI=1S/C14H30N2O/c1-6-15-8-14(10-17-5)16-9-11(2)7-12(3)13(16)4/h11-15H,6-10H2,1-5H3. The van der Waals surface area contributed by atoms with Gasteiger partial charge in [0.15, 0.2) is 0 Å². The van der Waals surface area contributed by atoms with Crippen LogP contribution in [0, 0.1) is 11.8 Å². The van der Waals surface area contributed by atoms with Crippen molar-refractivity contribution >= 4 is 0 Å². The van der Waals surface area contributed by atoms with Crippen molar-refractivity contribution in [1.82, 2.24) is 10.2 Å². The number of piperidine rings is 1. The molecule has 1 aliphatic heterocycles. The van der Waals surface area contributed by atoms with Crippen LogP contribution in [0.25, 0.3) is 0 Å². The number of likely N-dealkylation sites (N-methyl/N-ethyl adjacent to an activating group) is 1. The fourth-order valence-electron chi connectivity index (χ4n) is 3.02. The predicted molar refractivity (Wildman–Crippen MR) is 73.3 cm³/mol. The van der Waals surface area contributed by atoms with Gasteiger partial charge in [-0.2, -0.15) is 0 Å². The van der Waals surface area contributed by atoms with Gasteiger partial charge in [-0.15, -0.1) is 0 Å². The molecule has 0 aromatic rings. The van der Waals surface area contributed by atoms with Gasteiger partial charge in [0.05, 0.1) is 6.61 Å². The Balaban J connectivity index is 2.62. The van der Waals surface area contributed by atoms with Gasteiger partial charge in [0.25, 0.3) is 0 Å². The van der Waals surface area contributed by atoms with Gasteiger partial charge in [-0.1, -0.05) is 20.8 Å². The Bertz CT molecular complexity index is 210. The predicted octanol–water partition coefficient (Wildman–Crippen LogP) is 1.98. The van der Waals surface area contributed by atoms with Gasteiger partial charge >= 0.3 is 0 Å². The highest BCUT2D eigenvalue weighted by molar-refractivity contribution is 4.87. The fourth-order valence-corrected chi connectivity index (χ4v) is 3.02. The molecule has 0 saturated carbocycles. The van der Waals surface area contributed by atoms with Crippen LogP contribution in [-0.2, 0) is 4.74 Å². The largest absolute Gasteiger partial charge is 0.383 e. The molecular weight excluding hydrogens is 212 g/mol. The molecule has 1 rings (SSSR count). The number of hydrogen-bond acceptors (Lipinski definition) is 3. The van der Waals surface area contributed by atoms with Gasteiger partial charge in [-0.05, 0) is 31.7 Å². The SMILES string of the molecule is CCNCC(COC)N1CC(C)CC(C)C1C. The first-order valence-corrected chi connectivity index (χ1v) is 7.05. The molecule has 17 heavy (non-hydrogen) atoms. The van der Waals surface area contributed by atoms with Crippen LogP contribution < -0.4 is 5.32 Å². The highest BCUT2D eigenvalue weighted by atomic mass is 16.5. The number of rotatable bonds is 6. The molecule has 0 spiro atoms. The molecule has 1 N–H and O–H groups in total. The molecule has 3 heteroatoms. The summed E-state index contributed by atoms with van der Waals surface area (Å²) in [4.78, 5) is 2.64. The molecule has 0 aromatic carbocycles. The zero-order valence-electron chi connectivity index (χ0n) is 12.2. The number of nitrogens with zero attached hydrogens (tertiary/aromatic N) is 1. The molecule has 3 nitrogen and oxygen atoms in total. The van der Waals surface area contributed by atoms with E-state index in [1.807, 2.05) is 0 Å². The van der Waals surface area contributed by atoms with Crippen molar-refractivity contribution in [3.8, 4) is 0 Å². The summed E-state index contributed by atoms with van der Waals surface area (Å²) < 4.78 is 5.39. The van der Waals surface area contributed by atoms with Crippen molar-refractivity contribution in [2.75, 3.05) is 33.4 Å². The Morgan fingerprint density at radius 1 is 1.35 bits per heavy atom. The molecule has 1 heterocycles. The second-order valence-electron chi connectivity index (χ2n) is 5.67. The third-order valence-corrected chi connectivity index (χ3v) is 4.10. The normalized spacial score (nSPS) is 32.6. The Hall–Kier alpha value is -0.120. The lowest BCUT2D eigenvalue weighted by Gasteiger charge is -2.45. The van der Waals surface area contributed by atoms with Crippen LogP contribution >= 0.6 is 0 Å². The monoisotopic (exact) mass is 242 g/mol. The Morgan fingerprint density at radius 2 is 2.06 bits per heavy atom. The van der Waals surface area contributed by atoms with Crippen LogP contribution in [0.5, 0.6) is 0 Å². The minimum atomic E-state index is 0.514. The van der Waals surface area contributed by atoms with Crippen LogP contribution in [-0.4, -0.2) is 50.3 Å². The van der Waals surface area contributed by atoms with Crippen LogP contribution in [0.3, 0.4) is 0 Å². The summed E-state index contributed by atoms with van der Waals surface area (Å²) in [6, 6.07) is 1.19. The van der Waals surface area contributed by atoms with Gasteiger partial charge in [-0.25, -0.2) is 0 Å². The van der Waals surface area contributed by atoms with Gasteiger partial charge in [0, 0.05) is 32.3 Å². The topological polar surface area (TPSA) is 24.5 Å². The maximum Gasteiger partial charge on any atom is 0.0630 e. The van der Waals surface area contributed by atoms with Gasteiger partial charge in [0.2, 0.25) is 0 Å². The molecule has 102 valence electrons. The van der Waals surface area contributed by atoms with Crippen molar-refractivity contribution in [3.05, 3.63) is 0 Å². The molecule has 4 unspecified atom stereocenters. The highest BCUT2D eigenvalue weighted by Gasteiger charge is 2.32. The zero-order chi connectivity index (χ0) is 12.8. The molecular formula is C14H30N2O. The summed E-state index contributed by atoms with van der Waals surface area (Å²) in [5, 5.41) is 3.46. The van der Waals surface area contributed by atoms with Crippen LogP contribution in [0.15, 0.2) is 0 Å². The third kappa shape index (κ3) is 4.23. The van der Waals surface area contributed by atoms with E-state index in [9.17, 15) is 0 Å². The van der Waals surface area contributed by atoms with Gasteiger partial charge in [-0.3, -0.25) is 4.90 Å². The summed E-state index contributed by atoms with van der Waals surface area (Å²) in [6.07, 6.45) is 1.36. The van der Waals surface area contributed by atoms with Gasteiger partial charge < -0.3 is 10.1 Å². The maximum atomic E-state index is 5.39. The van der Waals surface area contributed by atoms with E-state index in [1.54, 1.807) is 7.11 Å². The molecule has 1 fully saturated rings. The Labute approximate surface area is 107 Å². The first-order valence-electron chi connectivity index (χ1n) is 7.05. The summed E-state index contributed by atoms with van der Waals surface area (Å²) in [7, 11) is 1.81. The maximum absolute atomic E-state index is 5.39. The van der Waals surface area contributed by atoms with Gasteiger partial charge in [0.1, 0.15) is 0 Å². The minimum Gasteiger partial charge on any atom is -0.383 e. The lowest BCUT2D eigenvalue weighted by atomic mass is 9.85. The molecule has 0 amide bonds. The summed E-state index contributed by atoms with van der Waals surface area (Å²) >= 11 is 0. The molecule has 0 radical (unpaired) electrons. The summed E-state index contributed by atoms with van der Waals surface area (Å²) in [5.74, 6) is 1.60. The smallest absolute Gasteiger partial charge is 0.0630 e. The number of methoxy groups -OCH3 is 1. The fraction of sp³-hybridized carbons (Fsp3) is 1.00. The van der Waals surface area contributed by atoms with Crippen LogP contribution in [0.1, 0.15) is 34.1 Å². The molecule has 1 saturated heterocycles.